The fourth-order valence-corrected chi connectivity index (χ4v) is 1.42. The average molecular weight is 267 g/mol. The van der Waals surface area contributed by atoms with E-state index < -0.39 is 32.6 Å². The SMILES string of the molecule is N#Cc1cc(F)[c]cc1NS(=O)(=O)C(F)(F)F. The molecule has 0 saturated heterocycles. The smallest absolute Gasteiger partial charge is 0.275 e. The number of rotatable bonds is 2. The maximum absolute atomic E-state index is 12.6. The number of nitrogens with zero attached hydrogens (tertiary/aromatic N) is 1. The highest BCUT2D eigenvalue weighted by Gasteiger charge is 2.46. The van der Waals surface area contributed by atoms with Crippen LogP contribution in [0.1, 0.15) is 5.56 Å². The van der Waals surface area contributed by atoms with Gasteiger partial charge < -0.3 is 0 Å². The van der Waals surface area contributed by atoms with Gasteiger partial charge in [-0.05, 0) is 12.1 Å². The molecule has 0 aliphatic carbocycles. The first kappa shape index (κ1) is 13.2. The molecular formula is C8H3F4N2O2S. The summed E-state index contributed by atoms with van der Waals surface area (Å²) < 4.78 is 71.2. The molecule has 0 atom stereocenters. The molecule has 17 heavy (non-hydrogen) atoms. The van der Waals surface area contributed by atoms with Crippen LogP contribution in [-0.2, 0) is 10.0 Å². The Morgan fingerprint density at radius 3 is 2.47 bits per heavy atom. The second-order valence-electron chi connectivity index (χ2n) is 2.77. The van der Waals surface area contributed by atoms with E-state index in [1.165, 1.54) is 6.07 Å². The van der Waals surface area contributed by atoms with Crippen LogP contribution in [0.4, 0.5) is 23.2 Å². The molecule has 0 aliphatic heterocycles. The van der Waals surface area contributed by atoms with Crippen LogP contribution in [0, 0.1) is 23.2 Å². The van der Waals surface area contributed by atoms with Crippen molar-refractivity contribution >= 4 is 15.7 Å². The molecule has 1 aromatic rings. The van der Waals surface area contributed by atoms with Gasteiger partial charge in [-0.3, -0.25) is 4.72 Å². The van der Waals surface area contributed by atoms with E-state index in [1.807, 2.05) is 6.07 Å². The van der Waals surface area contributed by atoms with Crippen LogP contribution >= 0.6 is 0 Å². The minimum Gasteiger partial charge on any atom is -0.275 e. The van der Waals surface area contributed by atoms with E-state index in [0.29, 0.717) is 12.1 Å². The summed E-state index contributed by atoms with van der Waals surface area (Å²) in [4.78, 5) is 0. The summed E-state index contributed by atoms with van der Waals surface area (Å²) in [5.41, 5.74) is -6.78. The van der Waals surface area contributed by atoms with Gasteiger partial charge in [0.05, 0.1) is 11.3 Å². The molecule has 1 radical (unpaired) electrons. The molecule has 0 spiro atoms. The highest BCUT2D eigenvalue weighted by Crippen LogP contribution is 2.26. The molecule has 1 N–H and O–H groups in total. The van der Waals surface area contributed by atoms with Crippen LogP contribution in [0.5, 0.6) is 0 Å². The van der Waals surface area contributed by atoms with E-state index in [0.717, 1.165) is 4.72 Å². The molecule has 1 rings (SSSR count). The molecular weight excluding hydrogens is 264 g/mol. The number of nitriles is 1. The molecule has 0 aromatic heterocycles. The minimum absolute atomic E-state index is 0.564. The highest BCUT2D eigenvalue weighted by molar-refractivity contribution is 7.93. The quantitative estimate of drug-likeness (QED) is 0.830. The predicted octanol–water partition coefficient (Wildman–Crippen LogP) is 1.76. The topological polar surface area (TPSA) is 70.0 Å². The van der Waals surface area contributed by atoms with Crippen molar-refractivity contribution in [3.8, 4) is 6.07 Å². The number of sulfonamides is 1. The van der Waals surface area contributed by atoms with Crippen LogP contribution in [0.2, 0.25) is 0 Å². The summed E-state index contributed by atoms with van der Waals surface area (Å²) in [6, 6.07) is 4.36. The van der Waals surface area contributed by atoms with Gasteiger partial charge in [-0.15, -0.1) is 0 Å². The van der Waals surface area contributed by atoms with E-state index in [9.17, 15) is 26.0 Å². The Morgan fingerprint density at radius 1 is 1.41 bits per heavy atom. The van der Waals surface area contributed by atoms with E-state index in [1.54, 1.807) is 0 Å². The lowest BCUT2D eigenvalue weighted by Crippen LogP contribution is -2.30. The molecule has 0 amide bonds. The lowest BCUT2D eigenvalue weighted by atomic mass is 10.2. The van der Waals surface area contributed by atoms with E-state index in [4.69, 9.17) is 5.26 Å². The zero-order valence-corrected chi connectivity index (χ0v) is 8.66. The van der Waals surface area contributed by atoms with E-state index >= 15 is 0 Å². The third-order valence-corrected chi connectivity index (χ3v) is 2.68. The molecule has 91 valence electrons. The summed E-state index contributed by atoms with van der Waals surface area (Å²) in [6.45, 7) is 0. The largest absolute Gasteiger partial charge is 0.516 e. The average Bonchev–Trinajstić information content (AvgIpc) is 2.18. The summed E-state index contributed by atoms with van der Waals surface area (Å²) >= 11 is 0. The number of halogens is 4. The fourth-order valence-electron chi connectivity index (χ4n) is 0.845. The second kappa shape index (κ2) is 4.21. The Bertz CT molecular complexity index is 574. The van der Waals surface area contributed by atoms with Crippen LogP contribution in [0.25, 0.3) is 0 Å². The van der Waals surface area contributed by atoms with Crippen molar-refractivity contribution in [2.45, 2.75) is 5.51 Å². The van der Waals surface area contributed by atoms with Crippen LogP contribution in [0.15, 0.2) is 12.1 Å². The number of anilines is 1. The van der Waals surface area contributed by atoms with Gasteiger partial charge in [0.25, 0.3) is 0 Å². The van der Waals surface area contributed by atoms with Crippen molar-refractivity contribution < 1.29 is 26.0 Å². The Balaban J connectivity index is 3.19. The number of benzene rings is 1. The predicted molar refractivity (Wildman–Crippen MR) is 48.5 cm³/mol. The Labute approximate surface area is 93.5 Å². The van der Waals surface area contributed by atoms with Gasteiger partial charge in [0.2, 0.25) is 0 Å². The molecule has 0 saturated carbocycles. The van der Waals surface area contributed by atoms with Gasteiger partial charge in [-0.2, -0.15) is 26.9 Å². The molecule has 0 aliphatic rings. The molecule has 4 nitrogen and oxygen atoms in total. The van der Waals surface area contributed by atoms with E-state index in [2.05, 4.69) is 0 Å². The van der Waals surface area contributed by atoms with Crippen LogP contribution < -0.4 is 4.72 Å². The Hall–Kier alpha value is -1.82. The summed E-state index contributed by atoms with van der Waals surface area (Å²) in [6.07, 6.45) is 0. The molecule has 0 heterocycles. The molecule has 1 aromatic carbocycles. The minimum atomic E-state index is -5.64. The first-order valence-electron chi connectivity index (χ1n) is 3.88. The van der Waals surface area contributed by atoms with E-state index in [-0.39, 0.29) is 0 Å². The molecule has 0 unspecified atom stereocenters. The number of hydrogen-bond donors (Lipinski definition) is 1. The molecule has 9 heteroatoms. The van der Waals surface area contributed by atoms with Crippen molar-refractivity contribution in [1.82, 2.24) is 0 Å². The highest BCUT2D eigenvalue weighted by atomic mass is 32.2. The monoisotopic (exact) mass is 267 g/mol. The number of alkyl halides is 3. The third-order valence-electron chi connectivity index (χ3n) is 1.59. The van der Waals surface area contributed by atoms with Gasteiger partial charge in [-0.1, -0.05) is 0 Å². The van der Waals surface area contributed by atoms with Crippen LogP contribution in [0.3, 0.4) is 0 Å². The van der Waals surface area contributed by atoms with Crippen molar-refractivity contribution in [3.63, 3.8) is 0 Å². The summed E-state index contributed by atoms with van der Waals surface area (Å²) in [5.74, 6) is -0.989. The maximum Gasteiger partial charge on any atom is 0.516 e. The molecule has 0 fully saturated rings. The van der Waals surface area contributed by atoms with Gasteiger partial charge in [0.15, 0.2) is 0 Å². The lowest BCUT2D eigenvalue weighted by molar-refractivity contribution is -0.0429. The van der Waals surface area contributed by atoms with Gasteiger partial charge >= 0.3 is 15.5 Å². The maximum atomic E-state index is 12.6. The standard InChI is InChI=1S/C8H3F4N2O2S/c9-6-1-2-7(5(3-6)4-13)14-17(15,16)8(10,11)12/h2-3,14H. The van der Waals surface area contributed by atoms with Crippen molar-refractivity contribution in [2.75, 3.05) is 4.72 Å². The van der Waals surface area contributed by atoms with Crippen LogP contribution in [-0.4, -0.2) is 13.9 Å². The first-order chi connectivity index (χ1) is 7.67. The fraction of sp³-hybridized carbons (Fsp3) is 0.125. The van der Waals surface area contributed by atoms with Crippen molar-refractivity contribution in [1.29, 1.82) is 5.26 Å². The van der Waals surface area contributed by atoms with Crippen molar-refractivity contribution in [2.24, 2.45) is 0 Å². The third kappa shape index (κ3) is 2.85. The number of nitrogens with one attached hydrogen (secondary N) is 1. The summed E-state index contributed by atoms with van der Waals surface area (Å²) in [5, 5.41) is 8.50. The zero-order chi connectivity index (χ0) is 13.3. The Morgan fingerprint density at radius 2 is 2.00 bits per heavy atom. The summed E-state index contributed by atoms with van der Waals surface area (Å²) in [7, 11) is -5.64. The second-order valence-corrected chi connectivity index (χ2v) is 4.45. The first-order valence-corrected chi connectivity index (χ1v) is 5.36. The van der Waals surface area contributed by atoms with Gasteiger partial charge in [-0.25, -0.2) is 4.39 Å². The Kier molecular flexibility index (Phi) is 3.28. The number of hydrogen-bond acceptors (Lipinski definition) is 3. The van der Waals surface area contributed by atoms with Gasteiger partial charge in [0.1, 0.15) is 11.9 Å². The normalized spacial score (nSPS) is 11.9. The molecule has 0 bridgehead atoms. The van der Waals surface area contributed by atoms with Gasteiger partial charge in [0, 0.05) is 6.07 Å². The lowest BCUT2D eigenvalue weighted by Gasteiger charge is -2.11. The zero-order valence-electron chi connectivity index (χ0n) is 7.84. The van der Waals surface area contributed by atoms with Crippen molar-refractivity contribution in [3.05, 3.63) is 29.6 Å².